The number of carbonyl (C=O) groups is 1. The van der Waals surface area contributed by atoms with Gasteiger partial charge in [-0.2, -0.15) is 5.10 Å². The fourth-order valence-corrected chi connectivity index (χ4v) is 5.28. The molecular formula is C20H28N4O. The SMILES string of the molecule is CC(C)Cn1ncc(NC(=O)N2C[C@@H]3C4C=CC(C4)[C@@H]3C2)c1C1CC1. The first kappa shape index (κ1) is 15.5. The number of allylic oxidation sites excluding steroid dienone is 2. The lowest BCUT2D eigenvalue weighted by atomic mass is 9.86. The van der Waals surface area contributed by atoms with E-state index in [4.69, 9.17) is 0 Å². The number of fused-ring (bicyclic) bond motifs is 5. The Balaban J connectivity index is 1.30. The van der Waals surface area contributed by atoms with Gasteiger partial charge in [-0.25, -0.2) is 4.79 Å². The molecule has 1 aromatic rings. The van der Waals surface area contributed by atoms with Crippen LogP contribution in [0.2, 0.25) is 0 Å². The van der Waals surface area contributed by atoms with Gasteiger partial charge in [0.05, 0.1) is 17.6 Å². The molecule has 5 rings (SSSR count). The van der Waals surface area contributed by atoms with Crippen LogP contribution in [0.25, 0.3) is 0 Å². The Morgan fingerprint density at radius 2 is 1.92 bits per heavy atom. The highest BCUT2D eigenvalue weighted by atomic mass is 16.2. The van der Waals surface area contributed by atoms with Crippen LogP contribution in [0.15, 0.2) is 18.3 Å². The van der Waals surface area contributed by atoms with Gasteiger partial charge in [0.15, 0.2) is 0 Å². The minimum atomic E-state index is 0.0693. The van der Waals surface area contributed by atoms with Crippen LogP contribution in [0.3, 0.4) is 0 Å². The van der Waals surface area contributed by atoms with E-state index in [0.29, 0.717) is 35.5 Å². The number of nitrogens with zero attached hydrogens (tertiary/aromatic N) is 3. The molecule has 4 atom stereocenters. The van der Waals surface area contributed by atoms with E-state index in [0.717, 1.165) is 25.3 Å². The number of hydrogen-bond donors (Lipinski definition) is 1. The second kappa shape index (κ2) is 5.61. The van der Waals surface area contributed by atoms with Crippen molar-refractivity contribution in [3.05, 3.63) is 24.0 Å². The summed E-state index contributed by atoms with van der Waals surface area (Å²) >= 11 is 0. The Morgan fingerprint density at radius 3 is 2.52 bits per heavy atom. The van der Waals surface area contributed by atoms with Crippen LogP contribution in [-0.2, 0) is 6.54 Å². The summed E-state index contributed by atoms with van der Waals surface area (Å²) in [6.07, 6.45) is 10.4. The monoisotopic (exact) mass is 340 g/mol. The fraction of sp³-hybridized carbons (Fsp3) is 0.700. The highest BCUT2D eigenvalue weighted by Gasteiger charge is 2.50. The predicted molar refractivity (Wildman–Crippen MR) is 97.3 cm³/mol. The molecule has 4 aliphatic rings. The molecule has 3 aliphatic carbocycles. The molecule has 0 spiro atoms. The van der Waals surface area contributed by atoms with E-state index in [1.54, 1.807) is 0 Å². The Labute approximate surface area is 149 Å². The van der Waals surface area contributed by atoms with Gasteiger partial charge in [-0.1, -0.05) is 26.0 Å². The molecule has 2 heterocycles. The smallest absolute Gasteiger partial charge is 0.321 e. The highest BCUT2D eigenvalue weighted by Crippen LogP contribution is 2.51. The van der Waals surface area contributed by atoms with Crippen LogP contribution < -0.4 is 5.32 Å². The third-order valence-corrected chi connectivity index (χ3v) is 6.57. The van der Waals surface area contributed by atoms with Crippen molar-refractivity contribution in [2.45, 2.75) is 45.6 Å². The zero-order chi connectivity index (χ0) is 17.1. The third kappa shape index (κ3) is 2.59. The van der Waals surface area contributed by atoms with Crippen molar-refractivity contribution in [1.29, 1.82) is 0 Å². The standard InChI is InChI=1S/C20H28N4O/c1-12(2)9-24-19(13-3-4-13)18(8-21-24)22-20(25)23-10-16-14-5-6-15(7-14)17(16)11-23/h5-6,8,12-17H,3-4,7,9-11H2,1-2H3,(H,22,25)/t14?,15?,16-,17+. The second-order valence-corrected chi connectivity index (χ2v) is 8.90. The number of aromatic nitrogens is 2. The van der Waals surface area contributed by atoms with Crippen molar-refractivity contribution in [3.8, 4) is 0 Å². The molecule has 0 radical (unpaired) electrons. The molecule has 1 aliphatic heterocycles. The number of likely N-dealkylation sites (tertiary alicyclic amines) is 1. The average molecular weight is 340 g/mol. The fourth-order valence-electron chi connectivity index (χ4n) is 5.28. The molecular weight excluding hydrogens is 312 g/mol. The first-order valence-corrected chi connectivity index (χ1v) is 9.90. The van der Waals surface area contributed by atoms with Crippen LogP contribution in [0.1, 0.15) is 44.7 Å². The van der Waals surface area contributed by atoms with E-state index >= 15 is 0 Å². The molecule has 5 nitrogen and oxygen atoms in total. The lowest BCUT2D eigenvalue weighted by Crippen LogP contribution is -2.34. The Bertz CT molecular complexity index is 697. The van der Waals surface area contributed by atoms with Crippen molar-refractivity contribution < 1.29 is 4.79 Å². The van der Waals surface area contributed by atoms with Gasteiger partial charge >= 0.3 is 6.03 Å². The summed E-state index contributed by atoms with van der Waals surface area (Å²) < 4.78 is 2.11. The van der Waals surface area contributed by atoms with Gasteiger partial charge < -0.3 is 10.2 Å². The van der Waals surface area contributed by atoms with E-state index in [1.165, 1.54) is 25.0 Å². The normalized spacial score (nSPS) is 32.7. The summed E-state index contributed by atoms with van der Waals surface area (Å²) in [6.45, 7) is 7.18. The van der Waals surface area contributed by atoms with E-state index in [-0.39, 0.29) is 6.03 Å². The van der Waals surface area contributed by atoms with E-state index in [1.807, 2.05) is 11.1 Å². The van der Waals surface area contributed by atoms with Crippen LogP contribution in [-0.4, -0.2) is 33.8 Å². The first-order valence-electron chi connectivity index (χ1n) is 9.90. The summed E-state index contributed by atoms with van der Waals surface area (Å²) in [5.41, 5.74) is 2.18. The molecule has 0 aromatic carbocycles. The lowest BCUT2D eigenvalue weighted by Gasteiger charge is -2.19. The maximum atomic E-state index is 12.9. The zero-order valence-electron chi connectivity index (χ0n) is 15.2. The number of amides is 2. The zero-order valence-corrected chi connectivity index (χ0v) is 15.2. The largest absolute Gasteiger partial charge is 0.324 e. The Morgan fingerprint density at radius 1 is 1.24 bits per heavy atom. The van der Waals surface area contributed by atoms with Crippen molar-refractivity contribution >= 4 is 11.7 Å². The summed E-state index contributed by atoms with van der Waals surface area (Å²) in [6, 6.07) is 0.0693. The number of urea groups is 1. The molecule has 25 heavy (non-hydrogen) atoms. The lowest BCUT2D eigenvalue weighted by molar-refractivity contribution is 0.217. The van der Waals surface area contributed by atoms with Crippen LogP contribution in [0.4, 0.5) is 10.5 Å². The minimum absolute atomic E-state index is 0.0693. The number of carbonyl (C=O) groups excluding carboxylic acids is 1. The van der Waals surface area contributed by atoms with Gasteiger partial charge in [0.25, 0.3) is 0 Å². The van der Waals surface area contributed by atoms with Crippen molar-refractivity contribution in [2.24, 2.45) is 29.6 Å². The molecule has 1 aromatic heterocycles. The minimum Gasteiger partial charge on any atom is -0.324 e. The molecule has 3 fully saturated rings. The van der Waals surface area contributed by atoms with E-state index in [2.05, 4.69) is 41.1 Å². The molecule has 2 saturated carbocycles. The summed E-state index contributed by atoms with van der Waals surface area (Å²) in [5.74, 6) is 3.93. The van der Waals surface area contributed by atoms with Crippen molar-refractivity contribution in [1.82, 2.24) is 14.7 Å². The van der Waals surface area contributed by atoms with E-state index < -0.39 is 0 Å². The van der Waals surface area contributed by atoms with Crippen LogP contribution in [0.5, 0.6) is 0 Å². The topological polar surface area (TPSA) is 50.2 Å². The second-order valence-electron chi connectivity index (χ2n) is 8.90. The van der Waals surface area contributed by atoms with Crippen LogP contribution >= 0.6 is 0 Å². The molecule has 1 saturated heterocycles. The highest BCUT2D eigenvalue weighted by molar-refractivity contribution is 5.90. The summed E-state index contributed by atoms with van der Waals surface area (Å²) in [7, 11) is 0. The summed E-state index contributed by atoms with van der Waals surface area (Å²) in [5, 5.41) is 7.75. The Hall–Kier alpha value is -1.78. The molecule has 2 amide bonds. The van der Waals surface area contributed by atoms with E-state index in [9.17, 15) is 4.79 Å². The maximum absolute atomic E-state index is 12.9. The van der Waals surface area contributed by atoms with Gasteiger partial charge in [-0.15, -0.1) is 0 Å². The number of nitrogens with one attached hydrogen (secondary N) is 1. The number of anilines is 1. The first-order chi connectivity index (χ1) is 12.1. The molecule has 134 valence electrons. The van der Waals surface area contributed by atoms with Crippen LogP contribution in [0, 0.1) is 29.6 Å². The van der Waals surface area contributed by atoms with Gasteiger partial charge in [0, 0.05) is 25.6 Å². The van der Waals surface area contributed by atoms with Crippen molar-refractivity contribution in [2.75, 3.05) is 18.4 Å². The van der Waals surface area contributed by atoms with Crippen molar-refractivity contribution in [3.63, 3.8) is 0 Å². The predicted octanol–water partition coefficient (Wildman–Crippen LogP) is 3.70. The van der Waals surface area contributed by atoms with Gasteiger partial charge in [0.2, 0.25) is 0 Å². The van der Waals surface area contributed by atoms with Gasteiger partial charge in [-0.3, -0.25) is 4.68 Å². The summed E-state index contributed by atoms with van der Waals surface area (Å²) in [4.78, 5) is 14.9. The van der Waals surface area contributed by atoms with Gasteiger partial charge in [0.1, 0.15) is 0 Å². The maximum Gasteiger partial charge on any atom is 0.321 e. The number of rotatable bonds is 4. The molecule has 2 unspecified atom stereocenters. The Kier molecular flexibility index (Phi) is 3.47. The average Bonchev–Trinajstić information content (AvgIpc) is 2.95. The molecule has 1 N–H and O–H groups in total. The quantitative estimate of drug-likeness (QED) is 0.850. The molecule has 2 bridgehead atoms. The third-order valence-electron chi connectivity index (χ3n) is 6.57. The molecule has 5 heteroatoms. The number of hydrogen-bond acceptors (Lipinski definition) is 2. The van der Waals surface area contributed by atoms with Gasteiger partial charge in [-0.05, 0) is 48.9 Å².